The Morgan fingerprint density at radius 3 is 2.35 bits per heavy atom. The van der Waals surface area contributed by atoms with Crippen molar-refractivity contribution >= 4 is 0 Å². The summed E-state index contributed by atoms with van der Waals surface area (Å²) in [6, 6.07) is 1.63. The molecule has 0 amide bonds. The van der Waals surface area contributed by atoms with Gasteiger partial charge in [0.2, 0.25) is 0 Å². The lowest BCUT2D eigenvalue weighted by Gasteiger charge is -2.44. The van der Waals surface area contributed by atoms with Gasteiger partial charge >= 0.3 is 0 Å². The van der Waals surface area contributed by atoms with Crippen LogP contribution in [0, 0.1) is 23.7 Å². The van der Waals surface area contributed by atoms with Crippen LogP contribution < -0.4 is 22.5 Å². The third kappa shape index (κ3) is 5.92. The maximum absolute atomic E-state index is 6.43. The molecule has 4 nitrogen and oxygen atoms in total. The molecule has 0 heterocycles. The van der Waals surface area contributed by atoms with Gasteiger partial charge in [-0.15, -0.1) is 0 Å². The van der Waals surface area contributed by atoms with Crippen LogP contribution in [-0.4, -0.2) is 31.2 Å². The fourth-order valence-corrected chi connectivity index (χ4v) is 6.23. The predicted molar refractivity (Wildman–Crippen MR) is 111 cm³/mol. The van der Waals surface area contributed by atoms with E-state index in [1.807, 2.05) is 0 Å². The second-order valence-electron chi connectivity index (χ2n) is 9.73. The zero-order valence-electron chi connectivity index (χ0n) is 16.9. The molecule has 3 fully saturated rings. The molecule has 3 saturated carbocycles. The Morgan fingerprint density at radius 1 is 0.808 bits per heavy atom. The van der Waals surface area contributed by atoms with Crippen molar-refractivity contribution in [1.29, 1.82) is 0 Å². The van der Waals surface area contributed by atoms with Crippen LogP contribution >= 0.6 is 0 Å². The maximum Gasteiger partial charge on any atom is 0.00698 e. The van der Waals surface area contributed by atoms with Crippen LogP contribution in [0.25, 0.3) is 0 Å². The molecule has 0 radical (unpaired) electrons. The van der Waals surface area contributed by atoms with Gasteiger partial charge in [-0.3, -0.25) is 0 Å². The van der Waals surface area contributed by atoms with Crippen LogP contribution in [0.3, 0.4) is 0 Å². The van der Waals surface area contributed by atoms with E-state index in [-0.39, 0.29) is 0 Å². The molecule has 0 aromatic carbocycles. The number of nitrogens with two attached hydrogens (primary N) is 3. The lowest BCUT2D eigenvalue weighted by atomic mass is 9.63. The van der Waals surface area contributed by atoms with Crippen molar-refractivity contribution in [1.82, 2.24) is 5.32 Å². The van der Waals surface area contributed by atoms with Crippen LogP contribution in [0.2, 0.25) is 0 Å². The second-order valence-corrected chi connectivity index (χ2v) is 9.73. The first-order valence-corrected chi connectivity index (χ1v) is 11.6. The van der Waals surface area contributed by atoms with Crippen LogP contribution in [0.1, 0.15) is 83.5 Å². The van der Waals surface area contributed by atoms with Gasteiger partial charge in [-0.1, -0.05) is 12.8 Å². The van der Waals surface area contributed by atoms with E-state index in [1.54, 1.807) is 0 Å². The van der Waals surface area contributed by atoms with E-state index in [4.69, 9.17) is 17.2 Å². The average molecular weight is 365 g/mol. The van der Waals surface area contributed by atoms with Gasteiger partial charge in [0.05, 0.1) is 0 Å². The molecule has 0 saturated heterocycles. The van der Waals surface area contributed by atoms with Crippen molar-refractivity contribution in [3.05, 3.63) is 0 Å². The largest absolute Gasteiger partial charge is 0.330 e. The summed E-state index contributed by atoms with van der Waals surface area (Å²) < 4.78 is 0. The molecule has 0 bridgehead atoms. The van der Waals surface area contributed by atoms with Gasteiger partial charge in [0, 0.05) is 18.1 Å². The number of hydrogen-bond donors (Lipinski definition) is 4. The normalized spacial score (nSPS) is 41.9. The quantitative estimate of drug-likeness (QED) is 0.522. The van der Waals surface area contributed by atoms with E-state index in [9.17, 15) is 0 Å². The standard InChI is InChI=1S/C22H44N4/c23-11-2-12-26-21-4-1-3-17(14-21)22-15-20(25)10-7-18(22)13-16-5-8-19(24)9-6-16/h16-22,26H,1-15,23-25H2. The minimum Gasteiger partial charge on any atom is -0.330 e. The van der Waals surface area contributed by atoms with E-state index < -0.39 is 0 Å². The molecule has 5 unspecified atom stereocenters. The molecule has 3 aliphatic carbocycles. The Kier molecular flexibility index (Phi) is 8.23. The van der Waals surface area contributed by atoms with Gasteiger partial charge in [-0.05, 0) is 107 Å². The minimum absolute atomic E-state index is 0.446. The highest BCUT2D eigenvalue weighted by molar-refractivity contribution is 4.91. The fourth-order valence-electron chi connectivity index (χ4n) is 6.23. The number of nitrogens with one attached hydrogen (secondary N) is 1. The van der Waals surface area contributed by atoms with Gasteiger partial charge in [-0.25, -0.2) is 0 Å². The smallest absolute Gasteiger partial charge is 0.00698 e. The van der Waals surface area contributed by atoms with E-state index >= 15 is 0 Å². The number of hydrogen-bond acceptors (Lipinski definition) is 4. The van der Waals surface area contributed by atoms with E-state index in [0.29, 0.717) is 18.1 Å². The summed E-state index contributed by atoms with van der Waals surface area (Å²) in [5.74, 6) is 3.61. The molecule has 0 spiro atoms. The van der Waals surface area contributed by atoms with Crippen LogP contribution in [0.4, 0.5) is 0 Å². The summed E-state index contributed by atoms with van der Waals surface area (Å²) in [4.78, 5) is 0. The molecule has 4 heteroatoms. The van der Waals surface area contributed by atoms with Crippen molar-refractivity contribution in [2.45, 2.75) is 102 Å². The Labute approximate surface area is 161 Å². The van der Waals surface area contributed by atoms with Crippen molar-refractivity contribution in [2.75, 3.05) is 13.1 Å². The summed E-state index contributed by atoms with van der Waals surface area (Å²) in [5.41, 5.74) is 18.2. The minimum atomic E-state index is 0.446. The third-order valence-corrected chi connectivity index (χ3v) is 7.75. The summed E-state index contributed by atoms with van der Waals surface area (Å²) >= 11 is 0. The molecule has 152 valence electrons. The molecule has 0 aromatic rings. The summed E-state index contributed by atoms with van der Waals surface area (Å²) in [5, 5.41) is 3.78. The monoisotopic (exact) mass is 364 g/mol. The van der Waals surface area contributed by atoms with Crippen molar-refractivity contribution in [2.24, 2.45) is 40.9 Å². The number of rotatable bonds is 7. The summed E-state index contributed by atoms with van der Waals surface area (Å²) in [7, 11) is 0. The first-order chi connectivity index (χ1) is 12.7. The highest BCUT2D eigenvalue weighted by Gasteiger charge is 2.38. The third-order valence-electron chi connectivity index (χ3n) is 7.75. The Morgan fingerprint density at radius 2 is 1.58 bits per heavy atom. The van der Waals surface area contributed by atoms with Gasteiger partial charge in [0.15, 0.2) is 0 Å². The SMILES string of the molecule is NCCCNC1CCCC(C2CC(N)CCC2CC2CCC(N)CC2)C1. The zero-order chi connectivity index (χ0) is 18.4. The predicted octanol–water partition coefficient (Wildman–Crippen LogP) is 3.13. The fraction of sp³-hybridized carbons (Fsp3) is 1.00. The topological polar surface area (TPSA) is 90.1 Å². The van der Waals surface area contributed by atoms with Gasteiger partial charge in [0.1, 0.15) is 0 Å². The molecule has 3 aliphatic rings. The van der Waals surface area contributed by atoms with Gasteiger partial charge in [-0.2, -0.15) is 0 Å². The first-order valence-electron chi connectivity index (χ1n) is 11.6. The van der Waals surface area contributed by atoms with E-state index in [2.05, 4.69) is 5.32 Å². The van der Waals surface area contributed by atoms with Crippen LogP contribution in [0.15, 0.2) is 0 Å². The van der Waals surface area contributed by atoms with E-state index in [1.165, 1.54) is 77.0 Å². The van der Waals surface area contributed by atoms with Crippen molar-refractivity contribution in [3.63, 3.8) is 0 Å². The van der Waals surface area contributed by atoms with Gasteiger partial charge < -0.3 is 22.5 Å². The average Bonchev–Trinajstić information content (AvgIpc) is 2.65. The molecule has 3 rings (SSSR count). The highest BCUT2D eigenvalue weighted by atomic mass is 14.9. The highest BCUT2D eigenvalue weighted by Crippen LogP contribution is 2.45. The van der Waals surface area contributed by atoms with Crippen molar-refractivity contribution < 1.29 is 0 Å². The zero-order valence-corrected chi connectivity index (χ0v) is 16.9. The van der Waals surface area contributed by atoms with Crippen LogP contribution in [-0.2, 0) is 0 Å². The maximum atomic E-state index is 6.43. The molecule has 7 N–H and O–H groups in total. The Hall–Kier alpha value is -0.160. The van der Waals surface area contributed by atoms with Crippen LogP contribution in [0.5, 0.6) is 0 Å². The van der Waals surface area contributed by atoms with Crippen molar-refractivity contribution in [3.8, 4) is 0 Å². The molecule has 26 heavy (non-hydrogen) atoms. The second kappa shape index (κ2) is 10.4. The Bertz CT molecular complexity index is 394. The molecule has 0 aliphatic heterocycles. The lowest BCUT2D eigenvalue weighted by molar-refractivity contribution is 0.0832. The molecular formula is C22H44N4. The molecule has 5 atom stereocenters. The summed E-state index contributed by atoms with van der Waals surface area (Å²) in [6.07, 6.45) is 17.2. The lowest BCUT2D eigenvalue weighted by Crippen LogP contribution is -2.43. The molecular weight excluding hydrogens is 320 g/mol. The summed E-state index contributed by atoms with van der Waals surface area (Å²) in [6.45, 7) is 1.89. The van der Waals surface area contributed by atoms with E-state index in [0.717, 1.165) is 43.2 Å². The van der Waals surface area contributed by atoms with Gasteiger partial charge in [0.25, 0.3) is 0 Å². The molecule has 0 aromatic heterocycles. The first kappa shape index (κ1) is 20.6. The Balaban J connectivity index is 1.55.